The van der Waals surface area contributed by atoms with Gasteiger partial charge in [0.2, 0.25) is 11.8 Å². The summed E-state index contributed by atoms with van der Waals surface area (Å²) in [7, 11) is 0. The Morgan fingerprint density at radius 3 is 2.30 bits per heavy atom. The molecule has 3 fully saturated rings. The fourth-order valence-electron chi connectivity index (χ4n) is 8.90. The zero-order valence-corrected chi connectivity index (χ0v) is 28.6. The first-order valence-corrected chi connectivity index (χ1v) is 17.1. The number of nitrogens with two attached hydrogens (primary N) is 1. The lowest BCUT2D eigenvalue weighted by atomic mass is 9.49. The monoisotopic (exact) mass is 763 g/mol. The minimum atomic E-state index is -4.77. The van der Waals surface area contributed by atoms with Crippen molar-refractivity contribution >= 4 is 69.5 Å². The van der Waals surface area contributed by atoms with Crippen molar-refractivity contribution in [1.29, 1.82) is 0 Å². The van der Waals surface area contributed by atoms with E-state index in [0.717, 1.165) is 0 Å². The summed E-state index contributed by atoms with van der Waals surface area (Å²) in [6.45, 7) is 0. The number of pyridine rings is 1. The van der Waals surface area contributed by atoms with Crippen LogP contribution in [0.2, 0.25) is 10.0 Å². The number of rotatable bonds is 4. The van der Waals surface area contributed by atoms with Crippen molar-refractivity contribution in [3.05, 3.63) is 111 Å². The van der Waals surface area contributed by atoms with Crippen molar-refractivity contribution < 1.29 is 42.3 Å². The number of aromatic nitrogens is 1. The zero-order valence-electron chi connectivity index (χ0n) is 27.1. The molecule has 3 aromatic carbocycles. The van der Waals surface area contributed by atoms with Crippen LogP contribution in [0, 0.1) is 23.7 Å². The van der Waals surface area contributed by atoms with Crippen molar-refractivity contribution in [3.8, 4) is 5.75 Å². The molecule has 6 amide bonds. The van der Waals surface area contributed by atoms with E-state index in [1.54, 1.807) is 60.7 Å². The third kappa shape index (κ3) is 4.95. The van der Waals surface area contributed by atoms with Crippen molar-refractivity contribution in [2.75, 3.05) is 5.43 Å². The number of primary amides is 1. The van der Waals surface area contributed by atoms with Crippen LogP contribution >= 0.6 is 23.2 Å². The van der Waals surface area contributed by atoms with E-state index in [0.29, 0.717) is 54.7 Å². The molecule has 6 atom stereocenters. The van der Waals surface area contributed by atoms with Crippen LogP contribution in [0.4, 0.5) is 23.8 Å². The molecule has 2 aliphatic heterocycles. The summed E-state index contributed by atoms with van der Waals surface area (Å²) >= 11 is 12.5. The summed E-state index contributed by atoms with van der Waals surface area (Å²) in [5.41, 5.74) is 6.52. The minimum Gasteiger partial charge on any atom is -0.507 e. The predicted molar refractivity (Wildman–Crippen MR) is 184 cm³/mol. The Morgan fingerprint density at radius 1 is 0.943 bits per heavy atom. The molecule has 6 unspecified atom stereocenters. The molecule has 16 heteroatoms. The Labute approximate surface area is 308 Å². The van der Waals surface area contributed by atoms with Crippen LogP contribution in [0.15, 0.2) is 84.6 Å². The van der Waals surface area contributed by atoms with E-state index < -0.39 is 87.2 Å². The van der Waals surface area contributed by atoms with E-state index >= 15 is 4.79 Å². The zero-order chi connectivity index (χ0) is 37.7. The number of urea groups is 1. The number of nitrogens with one attached hydrogen (secondary N) is 1. The fraction of sp³-hybridized carbons (Fsp3) is 0.243. The molecule has 3 heterocycles. The van der Waals surface area contributed by atoms with Crippen LogP contribution in [0.25, 0.3) is 10.8 Å². The number of fused-ring (bicyclic) bond motifs is 5. The Kier molecular flexibility index (Phi) is 7.86. The Hall–Kier alpha value is -5.47. The maximum Gasteiger partial charge on any atom is 0.417 e. The number of allylic oxidation sites excluding steroid dienone is 2. The van der Waals surface area contributed by atoms with Gasteiger partial charge in [-0.1, -0.05) is 77.3 Å². The molecule has 4 N–H and O–H groups in total. The van der Waals surface area contributed by atoms with Gasteiger partial charge in [-0.2, -0.15) is 23.1 Å². The Morgan fingerprint density at radius 2 is 1.64 bits per heavy atom. The number of nitrogens with zero attached hydrogens (tertiary/aromatic N) is 3. The lowest BCUT2D eigenvalue weighted by molar-refractivity contribution is -0.140. The van der Waals surface area contributed by atoms with Gasteiger partial charge in [0.1, 0.15) is 5.75 Å². The maximum absolute atomic E-state index is 15.3. The second-order valence-electron chi connectivity index (χ2n) is 13.5. The van der Waals surface area contributed by atoms with Gasteiger partial charge in [0, 0.05) is 22.5 Å². The van der Waals surface area contributed by atoms with Crippen LogP contribution in [-0.4, -0.2) is 49.7 Å². The van der Waals surface area contributed by atoms with Crippen molar-refractivity contribution in [2.24, 2.45) is 29.4 Å². The molecule has 4 aromatic rings. The Bertz CT molecular complexity index is 2340. The van der Waals surface area contributed by atoms with E-state index in [1.165, 1.54) is 6.07 Å². The number of amides is 6. The number of hydrazine groups is 1. The van der Waals surface area contributed by atoms with Gasteiger partial charge in [-0.15, -0.1) is 0 Å². The number of imide groups is 4. The van der Waals surface area contributed by atoms with E-state index in [1.807, 2.05) is 0 Å². The lowest BCUT2D eigenvalue weighted by Gasteiger charge is -2.51. The first kappa shape index (κ1) is 34.6. The highest BCUT2D eigenvalue weighted by atomic mass is 35.5. The number of hydrogen-bond donors (Lipinski definition) is 3. The van der Waals surface area contributed by atoms with Gasteiger partial charge >= 0.3 is 12.2 Å². The van der Waals surface area contributed by atoms with E-state index in [9.17, 15) is 37.5 Å². The number of anilines is 1. The summed E-state index contributed by atoms with van der Waals surface area (Å²) in [5.74, 6) is -8.84. The normalized spacial score (nSPS) is 26.7. The maximum atomic E-state index is 15.3. The number of hydrogen-bond acceptors (Lipinski definition) is 8. The number of aromatic hydroxyl groups is 1. The van der Waals surface area contributed by atoms with E-state index in [2.05, 4.69) is 10.4 Å². The number of phenolic OH excluding ortho intramolecular Hbond substituents is 1. The number of alkyl halides is 3. The molecular formula is C37H26Cl2F3N5O6. The summed E-state index contributed by atoms with van der Waals surface area (Å²) in [6.07, 6.45) is -2.62. The smallest absolute Gasteiger partial charge is 0.417 e. The number of benzene rings is 3. The topological polar surface area (TPSA) is 163 Å². The summed E-state index contributed by atoms with van der Waals surface area (Å²) in [6, 6.07) is 15.7. The molecule has 1 saturated carbocycles. The SMILES string of the molecule is NC(=O)N1C(=O)C2CC=C3C(CC4C(=O)N(Nc5ncc(C(F)(F)F)cc5Cl)C(=O)C4(c4ccc(Cl)cc4)C3c3ccc(O)c4ccccc34)C2C1=O. The molecule has 8 rings (SSSR count). The number of carbonyl (C=O) groups excluding carboxylic acids is 5. The van der Waals surface area contributed by atoms with Crippen molar-refractivity contribution in [1.82, 2.24) is 14.9 Å². The molecule has 270 valence electrons. The quantitative estimate of drug-likeness (QED) is 0.161. The van der Waals surface area contributed by atoms with Gasteiger partial charge in [0.05, 0.1) is 33.8 Å². The number of halogens is 5. The van der Waals surface area contributed by atoms with Gasteiger partial charge in [-0.3, -0.25) is 24.6 Å². The average molecular weight is 765 g/mol. The molecule has 11 nitrogen and oxygen atoms in total. The molecular weight excluding hydrogens is 738 g/mol. The predicted octanol–water partition coefficient (Wildman–Crippen LogP) is 6.33. The summed E-state index contributed by atoms with van der Waals surface area (Å²) in [5, 5.41) is 12.4. The van der Waals surface area contributed by atoms with Crippen LogP contribution in [-0.2, 0) is 30.8 Å². The third-order valence-corrected chi connectivity index (χ3v) is 11.6. The van der Waals surface area contributed by atoms with E-state index in [-0.39, 0.29) is 18.6 Å². The van der Waals surface area contributed by atoms with Gasteiger partial charge in [0.15, 0.2) is 5.82 Å². The first-order chi connectivity index (χ1) is 25.2. The molecule has 0 bridgehead atoms. The average Bonchev–Trinajstić information content (AvgIpc) is 3.50. The van der Waals surface area contributed by atoms with Crippen LogP contribution < -0.4 is 11.2 Å². The van der Waals surface area contributed by atoms with Crippen molar-refractivity contribution in [3.63, 3.8) is 0 Å². The highest BCUT2D eigenvalue weighted by Gasteiger charge is 2.70. The summed E-state index contributed by atoms with van der Waals surface area (Å²) in [4.78, 5) is 73.9. The van der Waals surface area contributed by atoms with Gasteiger partial charge in [0.25, 0.3) is 11.8 Å². The molecule has 2 aliphatic carbocycles. The molecule has 53 heavy (non-hydrogen) atoms. The highest BCUT2D eigenvalue weighted by Crippen LogP contribution is 2.65. The van der Waals surface area contributed by atoms with Crippen LogP contribution in [0.5, 0.6) is 5.75 Å². The summed E-state index contributed by atoms with van der Waals surface area (Å²) < 4.78 is 40.4. The number of phenols is 1. The minimum absolute atomic E-state index is 0.0217. The molecule has 2 saturated heterocycles. The molecule has 4 aliphatic rings. The molecule has 1 aromatic heterocycles. The second-order valence-corrected chi connectivity index (χ2v) is 14.3. The highest BCUT2D eigenvalue weighted by molar-refractivity contribution is 6.33. The second kappa shape index (κ2) is 12.0. The third-order valence-electron chi connectivity index (χ3n) is 11.0. The number of likely N-dealkylation sites (tertiary alicyclic amines) is 1. The van der Waals surface area contributed by atoms with E-state index in [4.69, 9.17) is 28.9 Å². The first-order valence-electron chi connectivity index (χ1n) is 16.4. The van der Waals surface area contributed by atoms with Crippen molar-refractivity contribution in [2.45, 2.75) is 30.4 Å². The Balaban J connectivity index is 1.38. The number of carbonyl (C=O) groups is 5. The largest absolute Gasteiger partial charge is 0.507 e. The van der Waals surface area contributed by atoms with Gasteiger partial charge in [-0.05, 0) is 59.5 Å². The van der Waals surface area contributed by atoms with Crippen LogP contribution in [0.1, 0.15) is 35.4 Å². The molecule has 0 radical (unpaired) electrons. The lowest BCUT2D eigenvalue weighted by Crippen LogP contribution is -2.53. The van der Waals surface area contributed by atoms with Crippen LogP contribution in [0.3, 0.4) is 0 Å². The standard InChI is InChI=1S/C37H26Cl2F3N5O6/c38-18-7-5-16(6-8-18)36-25(32(50)47(34(36)52)45-30-26(39)13-17(15-44-30)37(40,41)42)14-24-22(9-10-23-28(24)33(51)46(31(23)49)35(43)53)29(36)21-11-12-27(48)20-4-2-1-3-19(20)21/h1-9,11-13,15,23-25,28-29,48H,10,14H2,(H2,43,53)(H,44,45). The molecule has 0 spiro atoms. The van der Waals surface area contributed by atoms with Gasteiger partial charge in [-0.25, -0.2) is 9.78 Å². The van der Waals surface area contributed by atoms with Gasteiger partial charge < -0.3 is 10.8 Å². The fourth-order valence-corrected chi connectivity index (χ4v) is 9.24.